The van der Waals surface area contributed by atoms with E-state index in [1.165, 1.54) is 24.3 Å². The Kier molecular flexibility index (Phi) is 4.45. The zero-order chi connectivity index (χ0) is 14.7. The molecule has 0 amide bonds. The van der Waals surface area contributed by atoms with Crippen molar-refractivity contribution in [2.24, 2.45) is 0 Å². The molecule has 2 rings (SSSR count). The maximum atomic E-state index is 13.4. The number of hydrogen-bond donors (Lipinski definition) is 0. The van der Waals surface area contributed by atoms with E-state index in [1.54, 1.807) is 0 Å². The van der Waals surface area contributed by atoms with E-state index >= 15 is 0 Å². The van der Waals surface area contributed by atoms with Crippen molar-refractivity contribution in [3.63, 3.8) is 0 Å². The molecule has 0 fully saturated rings. The smallest absolute Gasteiger partial charge is 0.142 e. The molecule has 5 heteroatoms. The Morgan fingerprint density at radius 3 is 2.35 bits per heavy atom. The first-order chi connectivity index (χ1) is 9.45. The molecule has 0 unspecified atom stereocenters. The number of ketones is 1. The number of benzene rings is 2. The van der Waals surface area contributed by atoms with Crippen molar-refractivity contribution in [3.05, 3.63) is 70.0 Å². The molecule has 20 heavy (non-hydrogen) atoms. The van der Waals surface area contributed by atoms with Gasteiger partial charge in [-0.3, -0.25) is 4.79 Å². The second-order valence-corrected chi connectivity index (χ2v) is 4.78. The van der Waals surface area contributed by atoms with Crippen molar-refractivity contribution in [2.75, 3.05) is 0 Å². The second-order valence-electron chi connectivity index (χ2n) is 4.38. The fourth-order valence-electron chi connectivity index (χ4n) is 1.82. The molecule has 0 bridgehead atoms. The molecule has 2 aromatic carbocycles. The molecule has 0 aliphatic heterocycles. The van der Waals surface area contributed by atoms with E-state index in [0.29, 0.717) is 5.56 Å². The van der Waals surface area contributed by atoms with Gasteiger partial charge in [-0.2, -0.15) is 0 Å². The topological polar surface area (TPSA) is 17.1 Å². The molecular weight excluding hydrogens is 289 g/mol. The van der Waals surface area contributed by atoms with Crippen LogP contribution in [0.1, 0.15) is 11.1 Å². The lowest BCUT2D eigenvalue weighted by molar-refractivity contribution is -0.117. The highest BCUT2D eigenvalue weighted by atomic mass is 35.5. The Labute approximate surface area is 119 Å². The molecule has 0 N–H and O–H groups in total. The highest BCUT2D eigenvalue weighted by molar-refractivity contribution is 6.30. The number of halogens is 4. The Morgan fingerprint density at radius 2 is 1.70 bits per heavy atom. The molecule has 0 aromatic heterocycles. The third kappa shape index (κ3) is 3.61. The second kappa shape index (κ2) is 6.09. The summed E-state index contributed by atoms with van der Waals surface area (Å²) in [5.74, 6) is -2.36. The molecule has 0 aliphatic carbocycles. The SMILES string of the molecule is O=C(Cc1ccc(Cl)c(F)c1)Cc1ccc(F)cc1F. The lowest BCUT2D eigenvalue weighted by Gasteiger charge is -2.04. The summed E-state index contributed by atoms with van der Waals surface area (Å²) in [4.78, 5) is 11.8. The highest BCUT2D eigenvalue weighted by Gasteiger charge is 2.11. The number of Topliss-reactive ketones (excluding diaryl/α,β-unsaturated/α-hetero) is 1. The maximum Gasteiger partial charge on any atom is 0.142 e. The summed E-state index contributed by atoms with van der Waals surface area (Å²) in [6, 6.07) is 7.10. The van der Waals surface area contributed by atoms with Crippen molar-refractivity contribution >= 4 is 17.4 Å². The van der Waals surface area contributed by atoms with Gasteiger partial charge in [-0.25, -0.2) is 13.2 Å². The molecule has 0 atom stereocenters. The van der Waals surface area contributed by atoms with Crippen LogP contribution in [-0.2, 0) is 17.6 Å². The van der Waals surface area contributed by atoms with E-state index in [2.05, 4.69) is 0 Å². The van der Waals surface area contributed by atoms with Crippen LogP contribution in [0.5, 0.6) is 0 Å². The zero-order valence-corrected chi connectivity index (χ0v) is 11.1. The largest absolute Gasteiger partial charge is 0.299 e. The first kappa shape index (κ1) is 14.6. The van der Waals surface area contributed by atoms with Gasteiger partial charge in [-0.1, -0.05) is 23.7 Å². The molecule has 0 saturated heterocycles. The van der Waals surface area contributed by atoms with E-state index in [9.17, 15) is 18.0 Å². The average Bonchev–Trinajstić information content (AvgIpc) is 2.37. The van der Waals surface area contributed by atoms with E-state index in [0.717, 1.165) is 12.1 Å². The van der Waals surface area contributed by atoms with E-state index in [-0.39, 0.29) is 29.2 Å². The molecule has 0 spiro atoms. The van der Waals surface area contributed by atoms with Gasteiger partial charge in [0.05, 0.1) is 5.02 Å². The lowest BCUT2D eigenvalue weighted by Crippen LogP contribution is -2.08. The van der Waals surface area contributed by atoms with Gasteiger partial charge < -0.3 is 0 Å². The summed E-state index contributed by atoms with van der Waals surface area (Å²) in [5, 5.41) is -0.0224. The normalized spacial score (nSPS) is 10.6. The molecule has 0 aliphatic rings. The minimum absolute atomic E-state index is 0.0224. The van der Waals surface area contributed by atoms with Crippen molar-refractivity contribution < 1.29 is 18.0 Å². The molecule has 0 heterocycles. The summed E-state index contributed by atoms with van der Waals surface area (Å²) in [5.41, 5.74) is 0.574. The lowest BCUT2D eigenvalue weighted by atomic mass is 10.0. The highest BCUT2D eigenvalue weighted by Crippen LogP contribution is 2.17. The fourth-order valence-corrected chi connectivity index (χ4v) is 1.93. The molecule has 0 radical (unpaired) electrons. The summed E-state index contributed by atoms with van der Waals surface area (Å²) in [6.07, 6.45) is -0.207. The van der Waals surface area contributed by atoms with Crippen LogP contribution >= 0.6 is 11.6 Å². The monoisotopic (exact) mass is 298 g/mol. The number of hydrogen-bond acceptors (Lipinski definition) is 1. The molecular formula is C15H10ClF3O. The maximum absolute atomic E-state index is 13.4. The van der Waals surface area contributed by atoms with Crippen LogP contribution in [0.25, 0.3) is 0 Å². The average molecular weight is 299 g/mol. The molecule has 2 aromatic rings. The van der Waals surface area contributed by atoms with Gasteiger partial charge >= 0.3 is 0 Å². The Bertz CT molecular complexity index is 656. The van der Waals surface area contributed by atoms with Crippen LogP contribution < -0.4 is 0 Å². The van der Waals surface area contributed by atoms with Crippen molar-refractivity contribution in [1.82, 2.24) is 0 Å². The minimum Gasteiger partial charge on any atom is -0.299 e. The Balaban J connectivity index is 2.07. The van der Waals surface area contributed by atoms with Gasteiger partial charge in [-0.15, -0.1) is 0 Å². The Morgan fingerprint density at radius 1 is 0.950 bits per heavy atom. The van der Waals surface area contributed by atoms with Gasteiger partial charge in [0.2, 0.25) is 0 Å². The summed E-state index contributed by atoms with van der Waals surface area (Å²) in [7, 11) is 0. The minimum atomic E-state index is -0.763. The predicted molar refractivity (Wildman–Crippen MR) is 70.2 cm³/mol. The Hall–Kier alpha value is -1.81. The van der Waals surface area contributed by atoms with Crippen molar-refractivity contribution in [2.45, 2.75) is 12.8 Å². The predicted octanol–water partition coefficient (Wildman–Crippen LogP) is 4.11. The quantitative estimate of drug-likeness (QED) is 0.830. The van der Waals surface area contributed by atoms with E-state index < -0.39 is 17.5 Å². The van der Waals surface area contributed by atoms with Crippen LogP contribution in [0.2, 0.25) is 5.02 Å². The first-order valence-corrected chi connectivity index (χ1v) is 6.23. The molecule has 104 valence electrons. The van der Waals surface area contributed by atoms with E-state index in [1.807, 2.05) is 0 Å². The third-order valence-electron chi connectivity index (χ3n) is 2.79. The van der Waals surface area contributed by atoms with Gasteiger partial charge in [0.15, 0.2) is 0 Å². The summed E-state index contributed by atoms with van der Waals surface area (Å²) in [6.45, 7) is 0. The zero-order valence-electron chi connectivity index (χ0n) is 10.3. The summed E-state index contributed by atoms with van der Waals surface area (Å²) < 4.78 is 39.4. The van der Waals surface area contributed by atoms with Crippen LogP contribution in [0, 0.1) is 17.5 Å². The molecule has 0 saturated carbocycles. The first-order valence-electron chi connectivity index (χ1n) is 5.85. The number of carbonyl (C=O) groups excluding carboxylic acids is 1. The van der Waals surface area contributed by atoms with Gasteiger partial charge in [0.25, 0.3) is 0 Å². The summed E-state index contributed by atoms with van der Waals surface area (Å²) >= 11 is 5.54. The van der Waals surface area contributed by atoms with Crippen LogP contribution in [0.15, 0.2) is 36.4 Å². The number of carbonyl (C=O) groups is 1. The van der Waals surface area contributed by atoms with Crippen molar-refractivity contribution in [3.8, 4) is 0 Å². The van der Waals surface area contributed by atoms with Gasteiger partial charge in [0.1, 0.15) is 23.2 Å². The van der Waals surface area contributed by atoms with Gasteiger partial charge in [0, 0.05) is 18.9 Å². The van der Waals surface area contributed by atoms with E-state index in [4.69, 9.17) is 11.6 Å². The molecule has 1 nitrogen and oxygen atoms in total. The van der Waals surface area contributed by atoms with Gasteiger partial charge in [-0.05, 0) is 29.3 Å². The fraction of sp³-hybridized carbons (Fsp3) is 0.133. The number of rotatable bonds is 4. The third-order valence-corrected chi connectivity index (χ3v) is 3.09. The van der Waals surface area contributed by atoms with Crippen LogP contribution in [0.4, 0.5) is 13.2 Å². The van der Waals surface area contributed by atoms with Crippen LogP contribution in [-0.4, -0.2) is 5.78 Å². The van der Waals surface area contributed by atoms with Crippen molar-refractivity contribution in [1.29, 1.82) is 0 Å². The van der Waals surface area contributed by atoms with Crippen LogP contribution in [0.3, 0.4) is 0 Å². The standard InChI is InChI=1S/C15H10ClF3O/c16-13-4-1-9(6-15(13)19)5-12(20)7-10-2-3-11(17)8-14(10)18/h1-4,6,8H,5,7H2.